The van der Waals surface area contributed by atoms with Crippen LogP contribution in [0.2, 0.25) is 0 Å². The number of amides is 4. The summed E-state index contributed by atoms with van der Waals surface area (Å²) in [5.41, 5.74) is 0.0799. The molecule has 7 nitrogen and oxygen atoms in total. The van der Waals surface area contributed by atoms with E-state index in [9.17, 15) is 14.4 Å². The quantitative estimate of drug-likeness (QED) is 0.673. The molecule has 4 amide bonds. The second-order valence-electron chi connectivity index (χ2n) is 7.74. The van der Waals surface area contributed by atoms with Gasteiger partial charge < -0.3 is 10.6 Å². The zero-order valence-electron chi connectivity index (χ0n) is 16.7. The van der Waals surface area contributed by atoms with Gasteiger partial charge in [-0.25, -0.2) is 4.79 Å². The van der Waals surface area contributed by atoms with E-state index in [1.165, 1.54) is 4.90 Å². The normalized spacial score (nSPS) is 19.3. The summed E-state index contributed by atoms with van der Waals surface area (Å²) in [6, 6.07) is 8.69. The number of benzene rings is 1. The fraction of sp³-hybridized carbons (Fsp3) is 0.571. The number of carbonyl (C=O) groups is 3. The summed E-state index contributed by atoms with van der Waals surface area (Å²) >= 11 is 0. The number of hydrogen-bond donors (Lipinski definition) is 2. The Morgan fingerprint density at radius 3 is 2.54 bits per heavy atom. The molecule has 28 heavy (non-hydrogen) atoms. The molecule has 7 heteroatoms. The van der Waals surface area contributed by atoms with Gasteiger partial charge in [0.2, 0.25) is 5.91 Å². The van der Waals surface area contributed by atoms with Gasteiger partial charge in [0.1, 0.15) is 5.54 Å². The minimum absolute atomic E-state index is 0.0934. The summed E-state index contributed by atoms with van der Waals surface area (Å²) < 4.78 is 0. The van der Waals surface area contributed by atoms with Gasteiger partial charge in [0.25, 0.3) is 5.91 Å². The first-order chi connectivity index (χ1) is 13.5. The van der Waals surface area contributed by atoms with Crippen LogP contribution < -0.4 is 10.6 Å². The maximum atomic E-state index is 12.8. The Hall–Kier alpha value is -2.41. The molecule has 1 aromatic rings. The van der Waals surface area contributed by atoms with Gasteiger partial charge in [-0.15, -0.1) is 0 Å². The van der Waals surface area contributed by atoms with Crippen LogP contribution in [0.1, 0.15) is 46.0 Å². The topological polar surface area (TPSA) is 81.8 Å². The summed E-state index contributed by atoms with van der Waals surface area (Å²) in [6.07, 6.45) is 4.27. The molecular weight excluding hydrogens is 356 g/mol. The molecule has 1 saturated heterocycles. The average molecular weight is 386 g/mol. The number of hydrogen-bond acceptors (Lipinski definition) is 4. The zero-order valence-corrected chi connectivity index (χ0v) is 16.7. The van der Waals surface area contributed by atoms with Crippen LogP contribution in [0.15, 0.2) is 30.3 Å². The Balaban J connectivity index is 1.60. The smallest absolute Gasteiger partial charge is 0.325 e. The van der Waals surface area contributed by atoms with Crippen molar-refractivity contribution in [1.82, 2.24) is 15.1 Å². The highest BCUT2D eigenvalue weighted by Gasteiger charge is 2.52. The van der Waals surface area contributed by atoms with Crippen LogP contribution in [-0.2, 0) is 9.59 Å². The lowest BCUT2D eigenvalue weighted by Gasteiger charge is -2.29. The van der Waals surface area contributed by atoms with Crippen molar-refractivity contribution in [1.29, 1.82) is 0 Å². The number of para-hydroxylation sites is 1. The van der Waals surface area contributed by atoms with Crippen molar-refractivity contribution in [3.8, 4) is 0 Å². The zero-order chi connectivity index (χ0) is 20.1. The lowest BCUT2D eigenvalue weighted by atomic mass is 9.98. The van der Waals surface area contributed by atoms with Gasteiger partial charge in [-0.2, -0.15) is 0 Å². The first-order valence-corrected chi connectivity index (χ1v) is 10.2. The van der Waals surface area contributed by atoms with E-state index in [0.717, 1.165) is 44.3 Å². The second kappa shape index (κ2) is 8.73. The predicted octanol–water partition coefficient (Wildman–Crippen LogP) is 2.59. The van der Waals surface area contributed by atoms with Crippen molar-refractivity contribution in [2.24, 2.45) is 0 Å². The number of nitrogens with zero attached hydrogens (tertiary/aromatic N) is 2. The maximum Gasteiger partial charge on any atom is 0.325 e. The van der Waals surface area contributed by atoms with E-state index in [4.69, 9.17) is 0 Å². The van der Waals surface area contributed by atoms with Crippen molar-refractivity contribution < 1.29 is 14.4 Å². The fourth-order valence-corrected chi connectivity index (χ4v) is 4.15. The summed E-state index contributed by atoms with van der Waals surface area (Å²) in [4.78, 5) is 41.2. The van der Waals surface area contributed by atoms with Gasteiger partial charge in [0.15, 0.2) is 0 Å². The molecule has 0 aromatic heterocycles. The largest absolute Gasteiger partial charge is 0.325 e. The molecule has 152 valence electrons. The van der Waals surface area contributed by atoms with E-state index in [2.05, 4.69) is 17.6 Å². The van der Waals surface area contributed by atoms with Crippen LogP contribution in [0.4, 0.5) is 10.5 Å². The summed E-state index contributed by atoms with van der Waals surface area (Å²) in [5.74, 6) is -0.197. The molecule has 1 spiro atoms. The Labute approximate surface area is 166 Å². The van der Waals surface area contributed by atoms with Crippen molar-refractivity contribution in [3.05, 3.63) is 30.3 Å². The number of rotatable bonds is 8. The fourth-order valence-electron chi connectivity index (χ4n) is 4.15. The van der Waals surface area contributed by atoms with Crippen molar-refractivity contribution >= 4 is 23.5 Å². The van der Waals surface area contributed by atoms with Crippen molar-refractivity contribution in [3.63, 3.8) is 0 Å². The van der Waals surface area contributed by atoms with Gasteiger partial charge >= 0.3 is 6.03 Å². The first-order valence-electron chi connectivity index (χ1n) is 10.2. The number of imide groups is 1. The van der Waals surface area contributed by atoms with Crippen LogP contribution in [0.3, 0.4) is 0 Å². The van der Waals surface area contributed by atoms with Crippen LogP contribution in [0.25, 0.3) is 0 Å². The third-order valence-electron chi connectivity index (χ3n) is 5.79. The molecule has 1 heterocycles. The van der Waals surface area contributed by atoms with Gasteiger partial charge in [-0.1, -0.05) is 38.0 Å². The van der Waals surface area contributed by atoms with Crippen molar-refractivity contribution in [2.45, 2.75) is 57.5 Å². The Morgan fingerprint density at radius 2 is 1.89 bits per heavy atom. The standard InChI is InChI=1S/C21H30N4O3/c1-3-13-24(16(2)18(26)22-17-9-5-4-6-10-17)14-15-25-19(27)21(23-20(25)28)11-7-8-12-21/h4-6,9-10,16H,3,7-8,11-15H2,1-2H3,(H,22,26)(H,23,28). The SMILES string of the molecule is CCCN(CCN1C(=O)NC2(CCCC2)C1=O)C(C)C(=O)Nc1ccccc1. The van der Waals surface area contributed by atoms with E-state index in [1.54, 1.807) is 0 Å². The third kappa shape index (κ3) is 4.19. The Morgan fingerprint density at radius 1 is 1.21 bits per heavy atom. The number of nitrogens with one attached hydrogen (secondary N) is 2. The summed E-state index contributed by atoms with van der Waals surface area (Å²) in [5, 5.41) is 5.83. The maximum absolute atomic E-state index is 12.8. The third-order valence-corrected chi connectivity index (χ3v) is 5.79. The molecule has 1 unspecified atom stereocenters. The van der Waals surface area contributed by atoms with Gasteiger partial charge in [-0.3, -0.25) is 19.4 Å². The number of carbonyl (C=O) groups excluding carboxylic acids is 3. The van der Waals surface area contributed by atoms with Gasteiger partial charge in [0, 0.05) is 18.8 Å². The number of anilines is 1. The molecule has 1 aliphatic carbocycles. The van der Waals surface area contributed by atoms with Crippen LogP contribution in [0, 0.1) is 0 Å². The van der Waals surface area contributed by atoms with E-state index >= 15 is 0 Å². The molecule has 3 rings (SSSR count). The molecule has 1 saturated carbocycles. The van der Waals surface area contributed by atoms with Gasteiger partial charge in [0.05, 0.1) is 6.04 Å². The first kappa shape index (κ1) is 20.3. The highest BCUT2D eigenvalue weighted by Crippen LogP contribution is 2.34. The van der Waals surface area contributed by atoms with E-state index in [0.29, 0.717) is 13.1 Å². The molecule has 2 N–H and O–H groups in total. The Kier molecular flexibility index (Phi) is 6.34. The minimum Gasteiger partial charge on any atom is -0.325 e. The monoisotopic (exact) mass is 386 g/mol. The van der Waals surface area contributed by atoms with E-state index in [1.807, 2.05) is 42.2 Å². The van der Waals surface area contributed by atoms with E-state index < -0.39 is 5.54 Å². The predicted molar refractivity (Wildman–Crippen MR) is 108 cm³/mol. The average Bonchev–Trinajstić information content (AvgIpc) is 3.25. The molecule has 1 atom stereocenters. The highest BCUT2D eigenvalue weighted by molar-refractivity contribution is 6.07. The summed E-state index contributed by atoms with van der Waals surface area (Å²) in [7, 11) is 0. The molecule has 1 aromatic carbocycles. The Bertz CT molecular complexity index is 716. The lowest BCUT2D eigenvalue weighted by Crippen LogP contribution is -2.47. The summed E-state index contributed by atoms with van der Waals surface area (Å²) in [6.45, 7) is 5.41. The van der Waals surface area contributed by atoms with Crippen LogP contribution in [0.5, 0.6) is 0 Å². The second-order valence-corrected chi connectivity index (χ2v) is 7.74. The highest BCUT2D eigenvalue weighted by atomic mass is 16.2. The van der Waals surface area contributed by atoms with Crippen LogP contribution >= 0.6 is 0 Å². The molecule has 0 radical (unpaired) electrons. The van der Waals surface area contributed by atoms with E-state index in [-0.39, 0.29) is 23.9 Å². The molecule has 0 bridgehead atoms. The molecule has 1 aliphatic heterocycles. The molecule has 2 aliphatic rings. The van der Waals surface area contributed by atoms with Gasteiger partial charge in [-0.05, 0) is 44.9 Å². The lowest BCUT2D eigenvalue weighted by molar-refractivity contribution is -0.131. The minimum atomic E-state index is -0.678. The molecular formula is C21H30N4O3. The van der Waals surface area contributed by atoms with Crippen LogP contribution in [-0.4, -0.2) is 58.9 Å². The van der Waals surface area contributed by atoms with Crippen molar-refractivity contribution in [2.75, 3.05) is 25.0 Å². The molecule has 2 fully saturated rings. The number of urea groups is 1.